The highest BCUT2D eigenvalue weighted by Gasteiger charge is 2.24. The molecule has 1 aromatic heterocycles. The van der Waals surface area contributed by atoms with Crippen molar-refractivity contribution in [1.82, 2.24) is 14.8 Å². The van der Waals surface area contributed by atoms with E-state index in [1.807, 2.05) is 42.5 Å². The first-order chi connectivity index (χ1) is 17.9. The molecule has 2 amide bonds. The van der Waals surface area contributed by atoms with Crippen molar-refractivity contribution < 1.29 is 14.3 Å². The smallest absolute Gasteiger partial charge is 0.410 e. The molecular formula is C28H30ClN5O3. The third kappa shape index (κ3) is 6.27. The van der Waals surface area contributed by atoms with Gasteiger partial charge in [0, 0.05) is 70.9 Å². The van der Waals surface area contributed by atoms with Gasteiger partial charge < -0.3 is 19.4 Å². The second-order valence-corrected chi connectivity index (χ2v) is 9.34. The molecule has 4 rings (SSSR count). The van der Waals surface area contributed by atoms with E-state index in [9.17, 15) is 9.59 Å². The molecule has 192 valence electrons. The van der Waals surface area contributed by atoms with Gasteiger partial charge >= 0.3 is 6.09 Å². The molecule has 1 aliphatic rings. The monoisotopic (exact) mass is 519 g/mol. The zero-order valence-electron chi connectivity index (χ0n) is 21.2. The number of nitrogens with zero attached hydrogens (tertiary/aromatic N) is 5. The number of carbonyl (C=O) groups excluding carboxylic acids is 2. The fourth-order valence-electron chi connectivity index (χ4n) is 4.15. The Hall–Kier alpha value is -3.91. The van der Waals surface area contributed by atoms with Crippen LogP contribution < -0.4 is 4.90 Å². The quantitative estimate of drug-likeness (QED) is 0.444. The Labute approximate surface area is 222 Å². The van der Waals surface area contributed by atoms with Crippen LogP contribution in [0.1, 0.15) is 21.5 Å². The van der Waals surface area contributed by atoms with Crippen LogP contribution in [-0.2, 0) is 11.3 Å². The van der Waals surface area contributed by atoms with Crippen LogP contribution in [-0.4, -0.2) is 80.3 Å². The zero-order valence-corrected chi connectivity index (χ0v) is 22.0. The highest BCUT2D eigenvalue weighted by molar-refractivity contribution is 6.34. The largest absolute Gasteiger partial charge is 0.445 e. The number of aliphatic imine (C=N–C) groups is 1. The Kier molecular flexibility index (Phi) is 8.40. The van der Waals surface area contributed by atoms with Crippen LogP contribution in [0.5, 0.6) is 0 Å². The van der Waals surface area contributed by atoms with Gasteiger partial charge in [0.25, 0.3) is 5.91 Å². The van der Waals surface area contributed by atoms with Gasteiger partial charge in [-0.3, -0.25) is 9.79 Å². The molecule has 2 heterocycles. The van der Waals surface area contributed by atoms with Gasteiger partial charge in [0.05, 0.1) is 10.6 Å². The number of benzene rings is 2. The molecule has 0 saturated carbocycles. The van der Waals surface area contributed by atoms with Crippen LogP contribution in [0.2, 0.25) is 5.02 Å². The molecule has 2 aromatic carbocycles. The average Bonchev–Trinajstić information content (AvgIpc) is 2.92. The number of carbonyl (C=O) groups is 2. The summed E-state index contributed by atoms with van der Waals surface area (Å²) in [5.41, 5.74) is 4.01. The van der Waals surface area contributed by atoms with Gasteiger partial charge in [-0.1, -0.05) is 48.0 Å². The number of piperazine rings is 1. The molecule has 0 N–H and O–H groups in total. The molecule has 1 fully saturated rings. The third-order valence-electron chi connectivity index (χ3n) is 6.14. The van der Waals surface area contributed by atoms with E-state index >= 15 is 0 Å². The van der Waals surface area contributed by atoms with Gasteiger partial charge in [-0.2, -0.15) is 0 Å². The molecule has 1 aliphatic heterocycles. The zero-order chi connectivity index (χ0) is 26.4. The van der Waals surface area contributed by atoms with E-state index < -0.39 is 0 Å². The number of aromatic nitrogens is 1. The van der Waals surface area contributed by atoms with E-state index in [2.05, 4.69) is 9.89 Å². The Morgan fingerprint density at radius 1 is 1.05 bits per heavy atom. The average molecular weight is 520 g/mol. The van der Waals surface area contributed by atoms with Gasteiger partial charge in [-0.05, 0) is 29.3 Å². The van der Waals surface area contributed by atoms with Crippen molar-refractivity contribution in [3.05, 3.63) is 82.5 Å². The standard InChI is InChI=1S/C28H30ClN5O3/c1-30-17-23-15-22(21-9-10-24(25(29)16-21)27(35)32(2)3)18-31-26(23)33-11-13-34(14-12-33)28(36)37-19-20-7-5-4-6-8-20/h4-10,15-18H,11-14,19H2,1-3H3. The Morgan fingerprint density at radius 2 is 1.78 bits per heavy atom. The molecule has 8 nitrogen and oxygen atoms in total. The summed E-state index contributed by atoms with van der Waals surface area (Å²) in [6.45, 7) is 2.59. The molecule has 37 heavy (non-hydrogen) atoms. The molecule has 3 aromatic rings. The lowest BCUT2D eigenvalue weighted by molar-refractivity contribution is 0.0827. The van der Waals surface area contributed by atoms with E-state index in [-0.39, 0.29) is 18.6 Å². The van der Waals surface area contributed by atoms with Gasteiger partial charge in [0.15, 0.2) is 0 Å². The predicted octanol–water partition coefficient (Wildman–Crippen LogP) is 4.61. The van der Waals surface area contributed by atoms with Crippen molar-refractivity contribution in [3.63, 3.8) is 0 Å². The second-order valence-electron chi connectivity index (χ2n) is 8.93. The van der Waals surface area contributed by atoms with Crippen LogP contribution in [0, 0.1) is 0 Å². The minimum atomic E-state index is -0.310. The van der Waals surface area contributed by atoms with Crippen LogP contribution in [0.25, 0.3) is 11.1 Å². The van der Waals surface area contributed by atoms with E-state index in [0.29, 0.717) is 36.8 Å². The molecule has 1 saturated heterocycles. The van der Waals surface area contributed by atoms with Crippen molar-refractivity contribution in [3.8, 4) is 11.1 Å². The van der Waals surface area contributed by atoms with Crippen molar-refractivity contribution >= 4 is 35.6 Å². The highest BCUT2D eigenvalue weighted by Crippen LogP contribution is 2.29. The van der Waals surface area contributed by atoms with Gasteiger partial charge in [-0.25, -0.2) is 9.78 Å². The summed E-state index contributed by atoms with van der Waals surface area (Å²) < 4.78 is 5.48. The SMILES string of the molecule is CN=Cc1cc(-c2ccc(C(=O)N(C)C)c(Cl)c2)cnc1N1CCN(C(=O)OCc2ccccc2)CC1. The predicted molar refractivity (Wildman–Crippen MR) is 147 cm³/mol. The maximum atomic E-state index is 12.5. The summed E-state index contributed by atoms with van der Waals surface area (Å²) in [4.78, 5) is 39.2. The highest BCUT2D eigenvalue weighted by atomic mass is 35.5. The number of hydrogen-bond acceptors (Lipinski definition) is 6. The van der Waals surface area contributed by atoms with Gasteiger partial charge in [-0.15, -0.1) is 0 Å². The maximum Gasteiger partial charge on any atom is 0.410 e. The first kappa shape index (κ1) is 26.2. The molecule has 0 spiro atoms. The molecule has 9 heteroatoms. The molecule has 0 aliphatic carbocycles. The Bertz CT molecular complexity index is 1290. The Morgan fingerprint density at radius 3 is 2.43 bits per heavy atom. The molecule has 0 bridgehead atoms. The van der Waals surface area contributed by atoms with E-state index in [1.54, 1.807) is 50.6 Å². The lowest BCUT2D eigenvalue weighted by Gasteiger charge is -2.35. The molecule has 0 unspecified atom stereocenters. The van der Waals surface area contributed by atoms with Crippen molar-refractivity contribution in [1.29, 1.82) is 0 Å². The van der Waals surface area contributed by atoms with Crippen molar-refractivity contribution in [2.24, 2.45) is 4.99 Å². The minimum absolute atomic E-state index is 0.146. The van der Waals surface area contributed by atoms with E-state index in [1.165, 1.54) is 4.90 Å². The first-order valence-corrected chi connectivity index (χ1v) is 12.4. The summed E-state index contributed by atoms with van der Waals surface area (Å²) >= 11 is 6.42. The van der Waals surface area contributed by atoms with Crippen LogP contribution in [0.15, 0.2) is 65.8 Å². The number of pyridine rings is 1. The second kappa shape index (κ2) is 11.9. The normalized spacial score (nSPS) is 13.6. The molecule has 0 atom stereocenters. The third-order valence-corrected chi connectivity index (χ3v) is 6.46. The summed E-state index contributed by atoms with van der Waals surface area (Å²) in [6.07, 6.45) is 3.26. The summed E-state index contributed by atoms with van der Waals surface area (Å²) in [5, 5.41) is 0.390. The van der Waals surface area contributed by atoms with Crippen LogP contribution in [0.3, 0.4) is 0 Å². The lowest BCUT2D eigenvalue weighted by atomic mass is 10.0. The van der Waals surface area contributed by atoms with Crippen molar-refractivity contribution in [2.75, 3.05) is 52.2 Å². The number of ether oxygens (including phenoxy) is 1. The number of amides is 2. The summed E-state index contributed by atoms with van der Waals surface area (Å²) in [6, 6.07) is 17.0. The number of halogens is 1. The summed E-state index contributed by atoms with van der Waals surface area (Å²) in [7, 11) is 5.10. The fourth-order valence-corrected chi connectivity index (χ4v) is 4.41. The van der Waals surface area contributed by atoms with Crippen LogP contribution >= 0.6 is 11.6 Å². The Balaban J connectivity index is 1.45. The maximum absolute atomic E-state index is 12.5. The number of hydrogen-bond donors (Lipinski definition) is 0. The summed E-state index contributed by atoms with van der Waals surface area (Å²) in [5.74, 6) is 0.657. The fraction of sp³-hybridized carbons (Fsp3) is 0.286. The van der Waals surface area contributed by atoms with Gasteiger partial charge in [0.2, 0.25) is 0 Å². The van der Waals surface area contributed by atoms with Crippen molar-refractivity contribution in [2.45, 2.75) is 6.61 Å². The molecular weight excluding hydrogens is 490 g/mol. The van der Waals surface area contributed by atoms with Gasteiger partial charge in [0.1, 0.15) is 12.4 Å². The minimum Gasteiger partial charge on any atom is -0.445 e. The number of anilines is 1. The van der Waals surface area contributed by atoms with Crippen LogP contribution in [0.4, 0.5) is 10.6 Å². The first-order valence-electron chi connectivity index (χ1n) is 12.0. The van der Waals surface area contributed by atoms with E-state index in [4.69, 9.17) is 21.3 Å². The topological polar surface area (TPSA) is 78.3 Å². The number of rotatable bonds is 6. The lowest BCUT2D eigenvalue weighted by Crippen LogP contribution is -2.49. The van der Waals surface area contributed by atoms with E-state index in [0.717, 1.165) is 28.1 Å². The molecule has 0 radical (unpaired) electrons.